The Morgan fingerprint density at radius 2 is 2.05 bits per heavy atom. The highest BCUT2D eigenvalue weighted by atomic mass is 32.1. The highest BCUT2D eigenvalue weighted by molar-refractivity contribution is 7.19. The van der Waals surface area contributed by atoms with Crippen LogP contribution in [-0.4, -0.2) is 16.6 Å². The maximum atomic E-state index is 6.19. The number of ether oxygens (including phenoxy) is 1. The molecule has 0 saturated heterocycles. The molecule has 4 heteroatoms. The lowest BCUT2D eigenvalue weighted by atomic mass is 9.90. The van der Waals surface area contributed by atoms with Gasteiger partial charge in [-0.05, 0) is 49.5 Å². The minimum atomic E-state index is 0.673. The third-order valence-corrected chi connectivity index (χ3v) is 6.54. The van der Waals surface area contributed by atoms with Crippen molar-refractivity contribution in [3.63, 3.8) is 0 Å². The van der Waals surface area contributed by atoms with Crippen molar-refractivity contribution >= 4 is 21.6 Å². The Morgan fingerprint density at radius 3 is 2.86 bits per heavy atom. The second-order valence-corrected chi connectivity index (χ2v) is 7.84. The summed E-state index contributed by atoms with van der Waals surface area (Å²) in [6.07, 6.45) is 12.1. The van der Waals surface area contributed by atoms with Crippen LogP contribution in [0.1, 0.15) is 68.2 Å². The number of rotatable bonds is 4. The quantitative estimate of drug-likeness (QED) is 0.788. The first kappa shape index (κ1) is 14.4. The second kappa shape index (κ2) is 6.15. The van der Waals surface area contributed by atoms with E-state index in [-0.39, 0.29) is 0 Å². The molecule has 0 radical (unpaired) electrons. The zero-order chi connectivity index (χ0) is 14.9. The van der Waals surface area contributed by atoms with Crippen molar-refractivity contribution in [1.82, 2.24) is 9.97 Å². The fourth-order valence-electron chi connectivity index (χ4n) is 4.11. The first-order chi connectivity index (χ1) is 10.9. The normalized spacial score (nSPS) is 22.1. The molecule has 0 N–H and O–H groups in total. The van der Waals surface area contributed by atoms with Crippen molar-refractivity contribution < 1.29 is 4.74 Å². The molecule has 2 aliphatic rings. The van der Waals surface area contributed by atoms with Crippen LogP contribution in [-0.2, 0) is 6.42 Å². The summed E-state index contributed by atoms with van der Waals surface area (Å²) in [5.74, 6) is 2.23. The van der Waals surface area contributed by atoms with Crippen LogP contribution in [0, 0.1) is 5.92 Å². The summed E-state index contributed by atoms with van der Waals surface area (Å²) in [6.45, 7) is 3.11. The summed E-state index contributed by atoms with van der Waals surface area (Å²) in [5.41, 5.74) is 1.50. The molecular formula is C18H24N2OS. The van der Waals surface area contributed by atoms with E-state index in [0.29, 0.717) is 11.8 Å². The first-order valence-corrected chi connectivity index (χ1v) is 9.57. The average molecular weight is 316 g/mol. The molecule has 118 valence electrons. The smallest absolute Gasteiger partial charge is 0.225 e. The van der Waals surface area contributed by atoms with Crippen LogP contribution in [0.5, 0.6) is 5.88 Å². The van der Waals surface area contributed by atoms with Crippen LogP contribution in [0.4, 0.5) is 0 Å². The average Bonchev–Trinajstić information content (AvgIpc) is 3.12. The zero-order valence-electron chi connectivity index (χ0n) is 13.3. The van der Waals surface area contributed by atoms with Crippen LogP contribution in [0.2, 0.25) is 0 Å². The molecule has 1 atom stereocenters. The van der Waals surface area contributed by atoms with E-state index in [1.54, 1.807) is 6.33 Å². The van der Waals surface area contributed by atoms with Gasteiger partial charge in [0.15, 0.2) is 0 Å². The molecule has 2 heterocycles. The number of hydrogen-bond donors (Lipinski definition) is 0. The molecule has 0 aliphatic heterocycles. The third kappa shape index (κ3) is 2.51. The molecule has 1 saturated carbocycles. The van der Waals surface area contributed by atoms with Crippen molar-refractivity contribution in [3.8, 4) is 5.88 Å². The Bertz CT molecular complexity index is 660. The summed E-state index contributed by atoms with van der Waals surface area (Å²) in [4.78, 5) is 11.6. The van der Waals surface area contributed by atoms with Crippen LogP contribution in [0.15, 0.2) is 6.33 Å². The van der Waals surface area contributed by atoms with Gasteiger partial charge in [-0.3, -0.25) is 0 Å². The van der Waals surface area contributed by atoms with Crippen molar-refractivity contribution in [2.75, 3.05) is 6.61 Å². The molecule has 2 aromatic rings. The minimum Gasteiger partial charge on any atom is -0.477 e. The number of fused-ring (bicyclic) bond motifs is 3. The molecule has 3 nitrogen and oxygen atoms in total. The Labute approximate surface area is 136 Å². The molecule has 2 aliphatic carbocycles. The Kier molecular flexibility index (Phi) is 4.03. The molecular weight excluding hydrogens is 292 g/mol. The molecule has 0 bridgehead atoms. The van der Waals surface area contributed by atoms with Crippen LogP contribution in [0.25, 0.3) is 10.2 Å². The van der Waals surface area contributed by atoms with Gasteiger partial charge in [-0.2, -0.15) is 0 Å². The van der Waals surface area contributed by atoms with E-state index in [0.717, 1.165) is 17.3 Å². The number of hydrogen-bond acceptors (Lipinski definition) is 4. The molecule has 0 spiro atoms. The van der Waals surface area contributed by atoms with E-state index in [9.17, 15) is 0 Å². The van der Waals surface area contributed by atoms with Gasteiger partial charge in [0.05, 0.1) is 12.0 Å². The summed E-state index contributed by atoms with van der Waals surface area (Å²) in [7, 11) is 0. The van der Waals surface area contributed by atoms with E-state index < -0.39 is 0 Å². The summed E-state index contributed by atoms with van der Waals surface area (Å²) in [5, 5.41) is 1.22. The van der Waals surface area contributed by atoms with E-state index in [2.05, 4.69) is 16.9 Å². The van der Waals surface area contributed by atoms with Gasteiger partial charge in [-0.1, -0.05) is 26.2 Å². The van der Waals surface area contributed by atoms with Crippen molar-refractivity contribution in [2.45, 2.75) is 64.2 Å². The predicted octanol–water partition coefficient (Wildman–Crippen LogP) is 5.09. The monoisotopic (exact) mass is 316 g/mol. The standard InChI is InChI=1S/C18H24N2OS/c1-2-13-8-9-14-15(13)16-17(19-11-20-18(16)22-14)21-10-12-6-4-3-5-7-12/h11-13H,2-10H2,1H3/t13-/m0/s1. The molecule has 22 heavy (non-hydrogen) atoms. The van der Waals surface area contributed by atoms with Crippen molar-refractivity contribution in [3.05, 3.63) is 16.8 Å². The number of aryl methyl sites for hydroxylation is 1. The van der Waals surface area contributed by atoms with Gasteiger partial charge in [0.1, 0.15) is 11.2 Å². The third-order valence-electron chi connectivity index (χ3n) is 5.37. The van der Waals surface area contributed by atoms with E-state index >= 15 is 0 Å². The summed E-state index contributed by atoms with van der Waals surface area (Å²) >= 11 is 1.85. The maximum Gasteiger partial charge on any atom is 0.225 e. The van der Waals surface area contributed by atoms with Gasteiger partial charge >= 0.3 is 0 Å². The van der Waals surface area contributed by atoms with Gasteiger partial charge in [-0.25, -0.2) is 9.97 Å². The van der Waals surface area contributed by atoms with E-state index in [4.69, 9.17) is 4.74 Å². The molecule has 0 aromatic carbocycles. The van der Waals surface area contributed by atoms with Crippen molar-refractivity contribution in [2.24, 2.45) is 5.92 Å². The number of aromatic nitrogens is 2. The largest absolute Gasteiger partial charge is 0.477 e. The molecule has 0 unspecified atom stereocenters. The maximum absolute atomic E-state index is 6.19. The van der Waals surface area contributed by atoms with E-state index in [1.165, 1.54) is 67.2 Å². The fourth-order valence-corrected chi connectivity index (χ4v) is 5.34. The minimum absolute atomic E-state index is 0.673. The number of nitrogens with zero attached hydrogens (tertiary/aromatic N) is 2. The summed E-state index contributed by atoms with van der Waals surface area (Å²) in [6, 6.07) is 0. The first-order valence-electron chi connectivity index (χ1n) is 8.76. The lowest BCUT2D eigenvalue weighted by Crippen LogP contribution is -2.15. The second-order valence-electron chi connectivity index (χ2n) is 6.76. The topological polar surface area (TPSA) is 35.0 Å². The Hall–Kier alpha value is -1.16. The highest BCUT2D eigenvalue weighted by Gasteiger charge is 2.29. The van der Waals surface area contributed by atoms with Crippen LogP contribution < -0.4 is 4.74 Å². The fraction of sp³-hybridized carbons (Fsp3) is 0.667. The number of thiophene rings is 1. The molecule has 1 fully saturated rings. The van der Waals surface area contributed by atoms with Gasteiger partial charge in [0.2, 0.25) is 5.88 Å². The zero-order valence-corrected chi connectivity index (χ0v) is 14.1. The van der Waals surface area contributed by atoms with Gasteiger partial charge in [0, 0.05) is 4.88 Å². The SMILES string of the molecule is CC[C@H]1CCc2sc3ncnc(OCC4CCCCC4)c3c21. The van der Waals surface area contributed by atoms with E-state index in [1.807, 2.05) is 11.3 Å². The Morgan fingerprint density at radius 1 is 1.18 bits per heavy atom. The summed E-state index contributed by atoms with van der Waals surface area (Å²) < 4.78 is 6.19. The molecule has 2 aromatic heterocycles. The van der Waals surface area contributed by atoms with Gasteiger partial charge < -0.3 is 4.74 Å². The lowest BCUT2D eigenvalue weighted by Gasteiger charge is -2.21. The van der Waals surface area contributed by atoms with Crippen LogP contribution in [0.3, 0.4) is 0 Å². The van der Waals surface area contributed by atoms with Crippen molar-refractivity contribution in [1.29, 1.82) is 0 Å². The molecule has 0 amide bonds. The van der Waals surface area contributed by atoms with Gasteiger partial charge in [0.25, 0.3) is 0 Å². The predicted molar refractivity (Wildman–Crippen MR) is 90.8 cm³/mol. The molecule has 4 rings (SSSR count). The Balaban J connectivity index is 1.63. The van der Waals surface area contributed by atoms with Gasteiger partial charge in [-0.15, -0.1) is 11.3 Å². The highest BCUT2D eigenvalue weighted by Crippen LogP contribution is 2.47. The van der Waals surface area contributed by atoms with Crippen LogP contribution >= 0.6 is 11.3 Å². The lowest BCUT2D eigenvalue weighted by molar-refractivity contribution is 0.205.